The van der Waals surface area contributed by atoms with Crippen molar-refractivity contribution in [2.24, 2.45) is 0 Å². The van der Waals surface area contributed by atoms with Gasteiger partial charge in [0.25, 0.3) is 5.91 Å². The zero-order valence-corrected chi connectivity index (χ0v) is 11.6. The van der Waals surface area contributed by atoms with E-state index in [1.54, 1.807) is 32.0 Å². The molecule has 19 heavy (non-hydrogen) atoms. The summed E-state index contributed by atoms with van der Waals surface area (Å²) >= 11 is 0. The van der Waals surface area contributed by atoms with Crippen molar-refractivity contribution in [1.82, 2.24) is 0 Å². The average molecular weight is 262 g/mol. The molecule has 1 rings (SSSR count). The Hall–Kier alpha value is -2.06. The monoisotopic (exact) mass is 262 g/mol. The van der Waals surface area contributed by atoms with Gasteiger partial charge in [-0.2, -0.15) is 5.26 Å². The van der Waals surface area contributed by atoms with E-state index < -0.39 is 5.60 Å². The molecule has 0 unspecified atom stereocenters. The van der Waals surface area contributed by atoms with Crippen LogP contribution < -0.4 is 10.1 Å². The lowest BCUT2D eigenvalue weighted by Gasteiger charge is -2.21. The van der Waals surface area contributed by atoms with E-state index in [2.05, 4.69) is 5.32 Å². The van der Waals surface area contributed by atoms with Gasteiger partial charge in [0.2, 0.25) is 0 Å². The molecule has 1 aromatic rings. The maximum Gasteiger partial charge on any atom is 0.256 e. The molecule has 0 aliphatic carbocycles. The fraction of sp³-hybridized carbons (Fsp3) is 0.429. The van der Waals surface area contributed by atoms with Crippen molar-refractivity contribution in [1.29, 1.82) is 5.26 Å². The van der Waals surface area contributed by atoms with Crippen LogP contribution in [0, 0.1) is 11.3 Å². The van der Waals surface area contributed by atoms with Crippen molar-refractivity contribution in [2.45, 2.75) is 26.4 Å². The number of nitriles is 1. The number of anilines is 1. The summed E-state index contributed by atoms with van der Waals surface area (Å²) in [5, 5.41) is 11.7. The molecule has 0 fully saturated rings. The second kappa shape index (κ2) is 6.21. The smallest absolute Gasteiger partial charge is 0.256 e. The lowest BCUT2D eigenvalue weighted by molar-refractivity contribution is -0.133. The summed E-state index contributed by atoms with van der Waals surface area (Å²) < 4.78 is 10.4. The van der Waals surface area contributed by atoms with Crippen molar-refractivity contribution in [3.63, 3.8) is 0 Å². The molecule has 0 spiro atoms. The Kier molecular flexibility index (Phi) is 4.90. The Labute approximate surface area is 113 Å². The molecule has 0 heterocycles. The molecule has 0 bridgehead atoms. The molecule has 1 amide bonds. The molecule has 0 saturated heterocycles. The van der Waals surface area contributed by atoms with E-state index in [4.69, 9.17) is 14.7 Å². The van der Waals surface area contributed by atoms with Gasteiger partial charge in [0.15, 0.2) is 0 Å². The van der Waals surface area contributed by atoms with Crippen molar-refractivity contribution in [2.75, 3.05) is 19.0 Å². The SMILES string of the molecule is CCOc1ccc(NC(=O)C(C)(C)OC)cc1C#N. The van der Waals surface area contributed by atoms with Crippen molar-refractivity contribution < 1.29 is 14.3 Å². The Morgan fingerprint density at radius 1 is 1.47 bits per heavy atom. The Morgan fingerprint density at radius 2 is 2.16 bits per heavy atom. The first-order chi connectivity index (χ1) is 8.94. The van der Waals surface area contributed by atoms with E-state index in [9.17, 15) is 4.79 Å². The highest BCUT2D eigenvalue weighted by Crippen LogP contribution is 2.23. The summed E-state index contributed by atoms with van der Waals surface area (Å²) in [4.78, 5) is 11.9. The molecule has 0 aromatic heterocycles. The number of hydrogen-bond donors (Lipinski definition) is 1. The third-order valence-corrected chi connectivity index (χ3v) is 2.71. The van der Waals surface area contributed by atoms with Crippen LogP contribution in [0.3, 0.4) is 0 Å². The maximum atomic E-state index is 11.9. The molecule has 102 valence electrons. The van der Waals surface area contributed by atoms with E-state index in [0.717, 1.165) is 0 Å². The highest BCUT2D eigenvalue weighted by Gasteiger charge is 2.27. The van der Waals surface area contributed by atoms with Crippen molar-refractivity contribution >= 4 is 11.6 Å². The number of rotatable bonds is 5. The molecule has 1 N–H and O–H groups in total. The van der Waals surface area contributed by atoms with Gasteiger partial charge in [-0.05, 0) is 39.0 Å². The van der Waals surface area contributed by atoms with Gasteiger partial charge in [0.1, 0.15) is 17.4 Å². The lowest BCUT2D eigenvalue weighted by atomic mass is 10.1. The number of benzene rings is 1. The number of nitrogens with zero attached hydrogens (tertiary/aromatic N) is 1. The van der Waals surface area contributed by atoms with Gasteiger partial charge in [0, 0.05) is 12.8 Å². The molecule has 5 heteroatoms. The van der Waals surface area contributed by atoms with Gasteiger partial charge < -0.3 is 14.8 Å². The first-order valence-electron chi connectivity index (χ1n) is 5.98. The van der Waals surface area contributed by atoms with Crippen molar-refractivity contribution in [3.05, 3.63) is 23.8 Å². The summed E-state index contributed by atoms with van der Waals surface area (Å²) in [5.74, 6) is 0.233. The quantitative estimate of drug-likeness (QED) is 0.884. The number of methoxy groups -OCH3 is 1. The highest BCUT2D eigenvalue weighted by molar-refractivity contribution is 5.96. The molecular weight excluding hydrogens is 244 g/mol. The number of carbonyl (C=O) groups excluding carboxylic acids is 1. The molecule has 0 radical (unpaired) electrons. The summed E-state index contributed by atoms with van der Waals surface area (Å²) in [6, 6.07) is 6.97. The topological polar surface area (TPSA) is 71.3 Å². The van der Waals surface area contributed by atoms with Crippen LogP contribution >= 0.6 is 0 Å². The first-order valence-corrected chi connectivity index (χ1v) is 5.98. The lowest BCUT2D eigenvalue weighted by Crippen LogP contribution is -2.38. The summed E-state index contributed by atoms with van der Waals surface area (Å²) in [6.45, 7) is 5.67. The predicted octanol–water partition coefficient (Wildman–Crippen LogP) is 2.32. The van der Waals surface area contributed by atoms with Crippen LogP contribution in [0.15, 0.2) is 18.2 Å². The minimum atomic E-state index is -0.925. The molecule has 5 nitrogen and oxygen atoms in total. The second-order valence-corrected chi connectivity index (χ2v) is 4.42. The fourth-order valence-electron chi connectivity index (χ4n) is 1.35. The van der Waals surface area contributed by atoms with Crippen LogP contribution in [0.2, 0.25) is 0 Å². The van der Waals surface area contributed by atoms with E-state index in [0.29, 0.717) is 23.6 Å². The molecule has 0 aliphatic heterocycles. The van der Waals surface area contributed by atoms with Crippen LogP contribution in [0.1, 0.15) is 26.3 Å². The Balaban J connectivity index is 2.93. The Morgan fingerprint density at radius 3 is 2.68 bits per heavy atom. The van der Waals surface area contributed by atoms with Gasteiger partial charge in [-0.3, -0.25) is 4.79 Å². The summed E-state index contributed by atoms with van der Waals surface area (Å²) in [5.41, 5.74) is -0.00390. The molecular formula is C14H18N2O3. The van der Waals surface area contributed by atoms with Gasteiger partial charge in [-0.1, -0.05) is 0 Å². The van der Waals surface area contributed by atoms with Crippen LogP contribution in [0.5, 0.6) is 5.75 Å². The fourth-order valence-corrected chi connectivity index (χ4v) is 1.35. The van der Waals surface area contributed by atoms with Crippen LogP contribution in [-0.2, 0) is 9.53 Å². The number of nitrogens with one attached hydrogen (secondary N) is 1. The van der Waals surface area contributed by atoms with Crippen LogP contribution in [0.25, 0.3) is 0 Å². The second-order valence-electron chi connectivity index (χ2n) is 4.42. The van der Waals surface area contributed by atoms with Gasteiger partial charge in [-0.25, -0.2) is 0 Å². The minimum Gasteiger partial charge on any atom is -0.492 e. The van der Waals surface area contributed by atoms with Gasteiger partial charge in [-0.15, -0.1) is 0 Å². The van der Waals surface area contributed by atoms with E-state index >= 15 is 0 Å². The van der Waals surface area contributed by atoms with E-state index in [1.807, 2.05) is 13.0 Å². The first kappa shape index (κ1) is 15.0. The minimum absolute atomic E-state index is 0.275. The summed E-state index contributed by atoms with van der Waals surface area (Å²) in [7, 11) is 1.47. The number of amides is 1. The number of carbonyl (C=O) groups is 1. The molecule has 0 atom stereocenters. The van der Waals surface area contributed by atoms with Crippen LogP contribution in [0.4, 0.5) is 5.69 Å². The predicted molar refractivity (Wildman–Crippen MR) is 72.0 cm³/mol. The summed E-state index contributed by atoms with van der Waals surface area (Å²) in [6.07, 6.45) is 0. The third-order valence-electron chi connectivity index (χ3n) is 2.71. The largest absolute Gasteiger partial charge is 0.492 e. The van der Waals surface area contributed by atoms with Gasteiger partial charge >= 0.3 is 0 Å². The molecule has 1 aromatic carbocycles. The standard InChI is InChI=1S/C14H18N2O3/c1-5-19-12-7-6-11(8-10(12)9-15)16-13(17)14(2,3)18-4/h6-8H,5H2,1-4H3,(H,16,17). The zero-order valence-electron chi connectivity index (χ0n) is 11.6. The normalized spacial score (nSPS) is 10.7. The molecule has 0 aliphatic rings. The number of hydrogen-bond acceptors (Lipinski definition) is 4. The van der Waals surface area contributed by atoms with E-state index in [1.165, 1.54) is 7.11 Å². The molecule has 0 saturated carbocycles. The maximum absolute atomic E-state index is 11.9. The third kappa shape index (κ3) is 3.70. The zero-order chi connectivity index (χ0) is 14.5. The van der Waals surface area contributed by atoms with Crippen LogP contribution in [-0.4, -0.2) is 25.2 Å². The number of ether oxygens (including phenoxy) is 2. The highest BCUT2D eigenvalue weighted by atomic mass is 16.5. The average Bonchev–Trinajstić information content (AvgIpc) is 2.40. The van der Waals surface area contributed by atoms with Crippen molar-refractivity contribution in [3.8, 4) is 11.8 Å². The van der Waals surface area contributed by atoms with E-state index in [-0.39, 0.29) is 5.91 Å². The van der Waals surface area contributed by atoms with Gasteiger partial charge in [0.05, 0.1) is 12.2 Å². The Bertz CT molecular complexity index is 504.